The zero-order valence-electron chi connectivity index (χ0n) is 21.1. The Balaban J connectivity index is 1.05. The van der Waals surface area contributed by atoms with Gasteiger partial charge in [0, 0.05) is 30.8 Å². The summed E-state index contributed by atoms with van der Waals surface area (Å²) in [6, 6.07) is 10.4. The minimum Gasteiger partial charge on any atom is -0.426 e. The van der Waals surface area contributed by atoms with Crippen LogP contribution in [0.3, 0.4) is 0 Å². The largest absolute Gasteiger partial charge is 0.426 e. The quantitative estimate of drug-likeness (QED) is 0.146. The number of rotatable bonds is 5. The van der Waals surface area contributed by atoms with Crippen molar-refractivity contribution in [3.63, 3.8) is 0 Å². The molecule has 7 atom stereocenters. The minimum atomic E-state index is -0.702. The van der Waals surface area contributed by atoms with Crippen molar-refractivity contribution in [3.8, 4) is 5.75 Å². The average molecular weight is 528 g/mol. The molecule has 39 heavy (non-hydrogen) atoms. The molecule has 198 valence electrons. The molecule has 2 bridgehead atoms. The first-order chi connectivity index (χ1) is 18.7. The number of non-ortho nitro benzene ring substituents is 1. The molecule has 2 aromatic carbocycles. The summed E-state index contributed by atoms with van der Waals surface area (Å²) in [7, 11) is 0. The van der Waals surface area contributed by atoms with Crippen molar-refractivity contribution in [1.29, 1.82) is 0 Å². The molecule has 0 spiro atoms. The number of amides is 3. The van der Waals surface area contributed by atoms with Gasteiger partial charge in [-0.05, 0) is 72.9 Å². The van der Waals surface area contributed by atoms with Crippen molar-refractivity contribution >= 4 is 40.8 Å². The first-order valence-corrected chi connectivity index (χ1v) is 13.2. The Bertz CT molecular complexity index is 1460. The van der Waals surface area contributed by atoms with E-state index in [0.29, 0.717) is 28.8 Å². The third-order valence-electron chi connectivity index (χ3n) is 9.12. The number of allylic oxidation sites excluding steroid dienone is 2. The predicted octanol–water partition coefficient (Wildman–Crippen LogP) is 3.42. The highest BCUT2D eigenvalue weighted by Gasteiger charge is 2.67. The van der Waals surface area contributed by atoms with Crippen molar-refractivity contribution < 1.29 is 28.8 Å². The fourth-order valence-electron chi connectivity index (χ4n) is 7.21. The summed E-state index contributed by atoms with van der Waals surface area (Å²) in [6.45, 7) is 1.87. The van der Waals surface area contributed by atoms with Crippen LogP contribution >= 0.6 is 0 Å². The number of nitrogens with zero attached hydrogens (tertiary/aromatic N) is 3. The van der Waals surface area contributed by atoms with E-state index in [1.807, 2.05) is 0 Å². The number of carbonyl (C=O) groups is 4. The van der Waals surface area contributed by atoms with Gasteiger partial charge in [0.1, 0.15) is 5.75 Å². The summed E-state index contributed by atoms with van der Waals surface area (Å²) < 4.78 is 5.59. The average Bonchev–Trinajstić information content (AvgIpc) is 3.60. The van der Waals surface area contributed by atoms with Gasteiger partial charge in [-0.25, -0.2) is 4.90 Å². The van der Waals surface area contributed by atoms with Crippen LogP contribution in [0, 0.1) is 58.5 Å². The highest BCUT2D eigenvalue weighted by atomic mass is 16.6. The minimum absolute atomic E-state index is 0.0369. The van der Waals surface area contributed by atoms with Gasteiger partial charge in [-0.15, -0.1) is 0 Å². The normalized spacial score (nSPS) is 31.9. The van der Waals surface area contributed by atoms with Gasteiger partial charge in [0.2, 0.25) is 17.7 Å². The Morgan fingerprint density at radius 3 is 2.21 bits per heavy atom. The van der Waals surface area contributed by atoms with E-state index in [9.17, 15) is 29.3 Å². The molecule has 0 unspecified atom stereocenters. The summed E-state index contributed by atoms with van der Waals surface area (Å²) in [5.41, 5.74) is 1.54. The molecule has 4 aliphatic carbocycles. The topological polar surface area (TPSA) is 127 Å². The first-order valence-electron chi connectivity index (χ1n) is 13.2. The van der Waals surface area contributed by atoms with Crippen molar-refractivity contribution in [2.75, 3.05) is 16.3 Å². The SMILES string of the molecule is Cc1cc(OC(=O)[C@@H]2CC(=O)N(c3ccc([N+](=O)[O-])cc3)C2)ccc1N1C(=O)[C@@H]2[C@H]3C=C[C@@H]([C@@H]4C[C@@H]34)[C@H]2C1=O. The van der Waals surface area contributed by atoms with Gasteiger partial charge in [-0.3, -0.25) is 29.3 Å². The zero-order valence-corrected chi connectivity index (χ0v) is 21.1. The van der Waals surface area contributed by atoms with Gasteiger partial charge in [-0.2, -0.15) is 0 Å². The molecule has 3 amide bonds. The van der Waals surface area contributed by atoms with E-state index in [1.54, 1.807) is 25.1 Å². The Morgan fingerprint density at radius 2 is 1.62 bits per heavy atom. The van der Waals surface area contributed by atoms with E-state index >= 15 is 0 Å². The Morgan fingerprint density at radius 1 is 0.974 bits per heavy atom. The van der Waals surface area contributed by atoms with Crippen LogP contribution in [0.25, 0.3) is 0 Å². The predicted molar refractivity (Wildman–Crippen MR) is 138 cm³/mol. The van der Waals surface area contributed by atoms with Crippen LogP contribution in [-0.2, 0) is 19.2 Å². The zero-order chi connectivity index (χ0) is 27.2. The maximum Gasteiger partial charge on any atom is 0.316 e. The number of anilines is 2. The highest BCUT2D eigenvalue weighted by molar-refractivity contribution is 6.23. The fraction of sp³-hybridized carbons (Fsp3) is 0.379. The smallest absolute Gasteiger partial charge is 0.316 e. The number of nitro benzene ring substituents is 1. The summed E-state index contributed by atoms with van der Waals surface area (Å²) in [5.74, 6) is -0.783. The lowest BCUT2D eigenvalue weighted by molar-refractivity contribution is -0.384. The fourth-order valence-corrected chi connectivity index (χ4v) is 7.21. The van der Waals surface area contributed by atoms with E-state index in [-0.39, 0.29) is 65.8 Å². The second kappa shape index (κ2) is 8.33. The van der Waals surface area contributed by atoms with Crippen molar-refractivity contribution in [1.82, 2.24) is 0 Å². The number of ether oxygens (including phenoxy) is 1. The van der Waals surface area contributed by atoms with Crippen LogP contribution < -0.4 is 14.5 Å². The Hall–Kier alpha value is -4.34. The molecule has 10 heteroatoms. The van der Waals surface area contributed by atoms with Gasteiger partial charge in [0.15, 0.2) is 0 Å². The molecule has 4 fully saturated rings. The van der Waals surface area contributed by atoms with Gasteiger partial charge >= 0.3 is 5.97 Å². The van der Waals surface area contributed by atoms with E-state index in [0.717, 1.165) is 6.42 Å². The van der Waals surface area contributed by atoms with Crippen molar-refractivity contribution in [2.45, 2.75) is 19.8 Å². The lowest BCUT2D eigenvalue weighted by Crippen LogP contribution is -2.40. The third kappa shape index (κ3) is 3.54. The Labute approximate surface area is 223 Å². The third-order valence-corrected chi connectivity index (χ3v) is 9.12. The first kappa shape index (κ1) is 23.8. The maximum absolute atomic E-state index is 13.4. The number of carbonyl (C=O) groups excluding carboxylic acids is 4. The standard InChI is InChI=1S/C29H25N3O7/c1-14-10-18(39-29(36)15-11-24(33)30(13-15)16-2-4-17(5-3-16)32(37)38)6-9-23(14)31-27(34)25-19-7-8-20(22-12-21(19)22)26(25)28(31)35/h2-10,15,19-22,25-26H,11-13H2,1H3/t15-,19+,20+,21+,22+,25-,26-/m1/s1. The number of esters is 1. The van der Waals surface area contributed by atoms with Crippen LogP contribution in [0.4, 0.5) is 17.1 Å². The molecule has 8 rings (SSSR count). The van der Waals surface area contributed by atoms with E-state index < -0.39 is 16.8 Å². The van der Waals surface area contributed by atoms with Crippen molar-refractivity contribution in [2.24, 2.45) is 41.4 Å². The van der Waals surface area contributed by atoms with Gasteiger partial charge in [0.25, 0.3) is 5.69 Å². The van der Waals surface area contributed by atoms with E-state index in [4.69, 9.17) is 4.74 Å². The lowest BCUT2D eigenvalue weighted by Gasteiger charge is -2.37. The van der Waals surface area contributed by atoms with E-state index in [2.05, 4.69) is 12.2 Å². The molecule has 2 saturated heterocycles. The van der Waals surface area contributed by atoms with Crippen molar-refractivity contribution in [3.05, 3.63) is 70.3 Å². The number of aryl methyl sites for hydroxylation is 1. The molecule has 10 nitrogen and oxygen atoms in total. The molecular formula is C29H25N3O7. The van der Waals surface area contributed by atoms with Crippen LogP contribution in [0.2, 0.25) is 0 Å². The number of nitro groups is 1. The second-order valence-electron chi connectivity index (χ2n) is 11.2. The van der Waals surface area contributed by atoms with Gasteiger partial charge in [-0.1, -0.05) is 12.2 Å². The number of hydrogen-bond acceptors (Lipinski definition) is 7. The molecule has 2 aliphatic heterocycles. The molecule has 0 radical (unpaired) electrons. The molecule has 0 aromatic heterocycles. The number of benzene rings is 2. The van der Waals surface area contributed by atoms with Gasteiger partial charge < -0.3 is 9.64 Å². The summed E-state index contributed by atoms with van der Waals surface area (Å²) in [6.07, 6.45) is 5.35. The highest BCUT2D eigenvalue weighted by Crippen LogP contribution is 2.65. The Kier molecular flexibility index (Phi) is 5.07. The summed E-state index contributed by atoms with van der Waals surface area (Å²) >= 11 is 0. The molecule has 0 N–H and O–H groups in total. The summed E-state index contributed by atoms with van der Waals surface area (Å²) in [5, 5.41) is 10.9. The van der Waals surface area contributed by atoms with Crippen LogP contribution in [0.15, 0.2) is 54.6 Å². The molecule has 2 aromatic rings. The number of hydrogen-bond donors (Lipinski definition) is 0. The molecule has 6 aliphatic rings. The molecular weight excluding hydrogens is 502 g/mol. The van der Waals surface area contributed by atoms with Crippen LogP contribution in [0.5, 0.6) is 5.75 Å². The number of imide groups is 1. The molecule has 2 saturated carbocycles. The van der Waals surface area contributed by atoms with Crippen LogP contribution in [-0.4, -0.2) is 35.2 Å². The monoisotopic (exact) mass is 527 g/mol. The lowest BCUT2D eigenvalue weighted by atomic mass is 9.63. The summed E-state index contributed by atoms with van der Waals surface area (Å²) in [4.78, 5) is 65.5. The second-order valence-corrected chi connectivity index (χ2v) is 11.2. The van der Waals surface area contributed by atoms with Crippen LogP contribution in [0.1, 0.15) is 18.4 Å². The maximum atomic E-state index is 13.4. The molecule has 2 heterocycles. The van der Waals surface area contributed by atoms with E-state index in [1.165, 1.54) is 34.1 Å². The van der Waals surface area contributed by atoms with Gasteiger partial charge in [0.05, 0.1) is 28.4 Å².